The van der Waals surface area contributed by atoms with E-state index in [0.717, 1.165) is 5.56 Å². The van der Waals surface area contributed by atoms with E-state index in [4.69, 9.17) is 33.1 Å². The highest BCUT2D eigenvalue weighted by molar-refractivity contribution is 7.80. The Bertz CT molecular complexity index is 510. The fourth-order valence-corrected chi connectivity index (χ4v) is 1.32. The maximum Gasteiger partial charge on any atom is 0.305 e. The molecule has 0 radical (unpaired) electrons. The Morgan fingerprint density at radius 2 is 2.06 bits per heavy atom. The molecule has 1 heterocycles. The topological polar surface area (TPSA) is 48.2 Å². The van der Waals surface area contributed by atoms with E-state index in [9.17, 15) is 0 Å². The number of methoxy groups -OCH3 is 1. The maximum atomic E-state index is 5.77. The van der Waals surface area contributed by atoms with Gasteiger partial charge in [-0.05, 0) is 36.5 Å². The molecule has 16 heavy (non-hydrogen) atoms. The van der Waals surface area contributed by atoms with Crippen molar-refractivity contribution in [3.05, 3.63) is 35.2 Å². The van der Waals surface area contributed by atoms with E-state index in [-0.39, 0.29) is 10.9 Å². The van der Waals surface area contributed by atoms with Gasteiger partial charge in [0.1, 0.15) is 0 Å². The van der Waals surface area contributed by atoms with Crippen molar-refractivity contribution in [1.82, 2.24) is 10.1 Å². The largest absolute Gasteiger partial charge is 0.483 e. The van der Waals surface area contributed by atoms with Crippen molar-refractivity contribution in [2.45, 2.75) is 0 Å². The molecule has 4 nitrogen and oxygen atoms in total. The second-order valence-electron chi connectivity index (χ2n) is 2.92. The SMILES string of the molecule is COC(=S)c1nc(-c2ccc(Cl)cc2)no1. The van der Waals surface area contributed by atoms with Crippen molar-refractivity contribution in [3.63, 3.8) is 0 Å². The molecule has 0 spiro atoms. The number of halogens is 1. The minimum atomic E-state index is 0.174. The normalized spacial score (nSPS) is 10.1. The van der Waals surface area contributed by atoms with E-state index in [1.165, 1.54) is 7.11 Å². The van der Waals surface area contributed by atoms with Crippen molar-refractivity contribution >= 4 is 28.9 Å². The summed E-state index contributed by atoms with van der Waals surface area (Å²) in [7, 11) is 1.45. The first kappa shape index (κ1) is 11.0. The first-order chi connectivity index (χ1) is 7.70. The van der Waals surface area contributed by atoms with Crippen molar-refractivity contribution < 1.29 is 9.26 Å². The van der Waals surface area contributed by atoms with Crippen LogP contribution in [0, 0.1) is 0 Å². The number of ether oxygens (including phenoxy) is 1. The number of nitrogens with zero attached hydrogens (tertiary/aromatic N) is 2. The fourth-order valence-electron chi connectivity index (χ4n) is 1.11. The average molecular weight is 255 g/mol. The Morgan fingerprint density at radius 1 is 1.38 bits per heavy atom. The van der Waals surface area contributed by atoms with Crippen LogP contribution in [-0.2, 0) is 4.74 Å². The van der Waals surface area contributed by atoms with Crippen molar-refractivity contribution in [2.24, 2.45) is 0 Å². The van der Waals surface area contributed by atoms with Crippen molar-refractivity contribution in [3.8, 4) is 11.4 Å². The molecular formula is C10H7ClN2O2S. The fraction of sp³-hybridized carbons (Fsp3) is 0.100. The molecule has 0 saturated carbocycles. The van der Waals surface area contributed by atoms with Crippen molar-refractivity contribution in [2.75, 3.05) is 7.11 Å². The molecule has 0 aliphatic rings. The van der Waals surface area contributed by atoms with Crippen LogP contribution in [0.15, 0.2) is 28.8 Å². The Hall–Kier alpha value is -1.46. The van der Waals surface area contributed by atoms with Gasteiger partial charge in [0.25, 0.3) is 5.05 Å². The summed E-state index contributed by atoms with van der Waals surface area (Å²) in [6.45, 7) is 0. The second-order valence-corrected chi connectivity index (χ2v) is 3.73. The number of hydrogen-bond donors (Lipinski definition) is 0. The molecule has 6 heteroatoms. The molecule has 1 aromatic carbocycles. The molecule has 0 aliphatic carbocycles. The lowest BCUT2D eigenvalue weighted by Gasteiger charge is -1.93. The zero-order valence-electron chi connectivity index (χ0n) is 8.31. The zero-order chi connectivity index (χ0) is 11.5. The van der Waals surface area contributed by atoms with E-state index in [2.05, 4.69) is 10.1 Å². The van der Waals surface area contributed by atoms with Gasteiger partial charge in [-0.3, -0.25) is 0 Å². The summed E-state index contributed by atoms with van der Waals surface area (Å²) in [5, 5.41) is 4.61. The van der Waals surface area contributed by atoms with Gasteiger partial charge in [-0.2, -0.15) is 4.98 Å². The van der Waals surface area contributed by atoms with Gasteiger partial charge in [0.2, 0.25) is 5.82 Å². The third-order valence-electron chi connectivity index (χ3n) is 1.89. The van der Waals surface area contributed by atoms with E-state index >= 15 is 0 Å². The lowest BCUT2D eigenvalue weighted by Crippen LogP contribution is -1.99. The summed E-state index contributed by atoms with van der Waals surface area (Å²) in [6, 6.07) is 7.10. The molecule has 0 amide bonds. The second kappa shape index (κ2) is 4.59. The van der Waals surface area contributed by atoms with E-state index < -0.39 is 0 Å². The first-order valence-corrected chi connectivity index (χ1v) is 5.17. The molecule has 0 unspecified atom stereocenters. The quantitative estimate of drug-likeness (QED) is 0.771. The molecule has 0 bridgehead atoms. The van der Waals surface area contributed by atoms with Crippen LogP contribution in [0.2, 0.25) is 5.02 Å². The van der Waals surface area contributed by atoms with E-state index in [1.807, 2.05) is 0 Å². The highest BCUT2D eigenvalue weighted by Gasteiger charge is 2.12. The summed E-state index contributed by atoms with van der Waals surface area (Å²) < 4.78 is 9.76. The summed E-state index contributed by atoms with van der Waals surface area (Å²) in [5.74, 6) is 0.647. The molecular weight excluding hydrogens is 248 g/mol. The van der Waals surface area contributed by atoms with Gasteiger partial charge >= 0.3 is 5.89 Å². The average Bonchev–Trinajstić information content (AvgIpc) is 2.78. The zero-order valence-corrected chi connectivity index (χ0v) is 9.88. The van der Waals surface area contributed by atoms with Crippen molar-refractivity contribution in [1.29, 1.82) is 0 Å². The lowest BCUT2D eigenvalue weighted by molar-refractivity contribution is 0.364. The van der Waals surface area contributed by atoms with Crippen LogP contribution in [0.5, 0.6) is 0 Å². The highest BCUT2D eigenvalue weighted by Crippen LogP contribution is 2.18. The monoisotopic (exact) mass is 254 g/mol. The van der Waals surface area contributed by atoms with Gasteiger partial charge in [0, 0.05) is 10.6 Å². The summed E-state index contributed by atoms with van der Waals surface area (Å²) in [6.07, 6.45) is 0. The molecule has 0 aliphatic heterocycles. The Kier molecular flexibility index (Phi) is 3.17. The standard InChI is InChI=1S/C10H7ClN2O2S/c1-14-10(16)9-12-8(13-15-9)6-2-4-7(11)5-3-6/h2-5H,1H3. The molecule has 82 valence electrons. The van der Waals surface area contributed by atoms with Crippen LogP contribution in [0.4, 0.5) is 0 Å². The highest BCUT2D eigenvalue weighted by atomic mass is 35.5. The molecule has 0 saturated heterocycles. The Labute approximate surface area is 102 Å². The number of benzene rings is 1. The van der Waals surface area contributed by atoms with Crippen LogP contribution in [0.1, 0.15) is 5.89 Å². The van der Waals surface area contributed by atoms with Gasteiger partial charge in [-0.15, -0.1) is 0 Å². The lowest BCUT2D eigenvalue weighted by atomic mass is 10.2. The van der Waals surface area contributed by atoms with Crippen LogP contribution in [-0.4, -0.2) is 22.3 Å². The summed E-state index contributed by atoms with van der Waals surface area (Å²) in [5.41, 5.74) is 0.804. The van der Waals surface area contributed by atoms with Gasteiger partial charge in [-0.1, -0.05) is 16.8 Å². The van der Waals surface area contributed by atoms with Gasteiger partial charge < -0.3 is 9.26 Å². The molecule has 0 atom stereocenters. The minimum Gasteiger partial charge on any atom is -0.483 e. The van der Waals surface area contributed by atoms with E-state index in [1.54, 1.807) is 24.3 Å². The third-order valence-corrected chi connectivity index (χ3v) is 2.48. The molecule has 0 N–H and O–H groups in total. The number of rotatable bonds is 2. The predicted octanol–water partition coefficient (Wildman–Crippen LogP) is 2.71. The third kappa shape index (κ3) is 2.20. The number of hydrogen-bond acceptors (Lipinski definition) is 5. The predicted molar refractivity (Wildman–Crippen MR) is 63.5 cm³/mol. The molecule has 1 aromatic heterocycles. The Morgan fingerprint density at radius 3 is 2.69 bits per heavy atom. The summed E-state index contributed by atoms with van der Waals surface area (Å²) in [4.78, 5) is 4.09. The smallest absolute Gasteiger partial charge is 0.305 e. The van der Waals surface area contributed by atoms with Crippen LogP contribution in [0.25, 0.3) is 11.4 Å². The van der Waals surface area contributed by atoms with E-state index in [0.29, 0.717) is 10.8 Å². The minimum absolute atomic E-state index is 0.174. The summed E-state index contributed by atoms with van der Waals surface area (Å²) >= 11 is 10.6. The van der Waals surface area contributed by atoms with Gasteiger partial charge in [0.15, 0.2) is 0 Å². The van der Waals surface area contributed by atoms with Crippen LogP contribution < -0.4 is 0 Å². The first-order valence-electron chi connectivity index (χ1n) is 4.38. The molecule has 2 rings (SSSR count). The van der Waals surface area contributed by atoms with Gasteiger partial charge in [-0.25, -0.2) is 0 Å². The molecule has 0 fully saturated rings. The Balaban J connectivity index is 2.31. The van der Waals surface area contributed by atoms with Crippen LogP contribution in [0.3, 0.4) is 0 Å². The van der Waals surface area contributed by atoms with Gasteiger partial charge in [0.05, 0.1) is 7.11 Å². The maximum absolute atomic E-state index is 5.77. The number of aromatic nitrogens is 2. The van der Waals surface area contributed by atoms with Crippen LogP contribution >= 0.6 is 23.8 Å². The molecule has 2 aromatic rings. The number of thiocarbonyl (C=S) groups is 1.